The van der Waals surface area contributed by atoms with Crippen molar-refractivity contribution in [2.75, 3.05) is 19.6 Å². The summed E-state index contributed by atoms with van der Waals surface area (Å²) in [5.41, 5.74) is 0. The van der Waals surface area contributed by atoms with Crippen molar-refractivity contribution in [1.82, 2.24) is 10.6 Å². The van der Waals surface area contributed by atoms with E-state index in [1.807, 2.05) is 6.92 Å². The summed E-state index contributed by atoms with van der Waals surface area (Å²) in [5, 5.41) is 6.04. The third kappa shape index (κ3) is 5.17. The number of rotatable bonds is 5. The minimum atomic E-state index is 0.112. The molecule has 3 heteroatoms. The minimum Gasteiger partial charge on any atom is -0.355 e. The van der Waals surface area contributed by atoms with Gasteiger partial charge < -0.3 is 10.6 Å². The summed E-state index contributed by atoms with van der Waals surface area (Å²) >= 11 is 0. The van der Waals surface area contributed by atoms with Crippen molar-refractivity contribution >= 4 is 5.91 Å². The standard InChI is InChI=1S/C12H24N2O/c1-3-14-12(15)9-13-8-11-6-4-5-10(2)7-11/h10-11,13H,3-9H2,1-2H3,(H,14,15). The maximum absolute atomic E-state index is 11.2. The molecule has 1 aliphatic rings. The lowest BCUT2D eigenvalue weighted by atomic mass is 9.82. The van der Waals surface area contributed by atoms with E-state index >= 15 is 0 Å². The zero-order valence-electron chi connectivity index (χ0n) is 10.0. The third-order valence-electron chi connectivity index (χ3n) is 3.14. The molecule has 0 spiro atoms. The molecule has 0 aliphatic heterocycles. The first-order valence-corrected chi connectivity index (χ1v) is 6.19. The number of nitrogens with one attached hydrogen (secondary N) is 2. The Morgan fingerprint density at radius 3 is 2.87 bits per heavy atom. The molecule has 0 aromatic heterocycles. The van der Waals surface area contributed by atoms with Crippen molar-refractivity contribution in [3.8, 4) is 0 Å². The summed E-state index contributed by atoms with van der Waals surface area (Å²) in [4.78, 5) is 11.2. The highest BCUT2D eigenvalue weighted by Gasteiger charge is 2.18. The van der Waals surface area contributed by atoms with Gasteiger partial charge in [-0.25, -0.2) is 0 Å². The molecule has 0 aromatic carbocycles. The van der Waals surface area contributed by atoms with Crippen molar-refractivity contribution in [2.45, 2.75) is 39.5 Å². The monoisotopic (exact) mass is 212 g/mol. The van der Waals surface area contributed by atoms with Crippen LogP contribution in [0.4, 0.5) is 0 Å². The number of carbonyl (C=O) groups excluding carboxylic acids is 1. The van der Waals surface area contributed by atoms with Crippen LogP contribution >= 0.6 is 0 Å². The highest BCUT2D eigenvalue weighted by molar-refractivity contribution is 5.77. The molecule has 0 radical (unpaired) electrons. The second kappa shape index (κ2) is 6.83. The van der Waals surface area contributed by atoms with Gasteiger partial charge in [0.05, 0.1) is 6.54 Å². The van der Waals surface area contributed by atoms with Gasteiger partial charge in [0.25, 0.3) is 0 Å². The van der Waals surface area contributed by atoms with Gasteiger partial charge in [-0.2, -0.15) is 0 Å². The number of likely N-dealkylation sites (N-methyl/N-ethyl adjacent to an activating group) is 1. The number of amides is 1. The highest BCUT2D eigenvalue weighted by atomic mass is 16.1. The average molecular weight is 212 g/mol. The molecule has 0 heterocycles. The maximum Gasteiger partial charge on any atom is 0.233 e. The van der Waals surface area contributed by atoms with Crippen LogP contribution in [0.5, 0.6) is 0 Å². The van der Waals surface area contributed by atoms with Crippen LogP contribution in [0.1, 0.15) is 39.5 Å². The van der Waals surface area contributed by atoms with E-state index in [9.17, 15) is 4.79 Å². The minimum absolute atomic E-state index is 0.112. The molecule has 1 saturated carbocycles. The Morgan fingerprint density at radius 1 is 1.40 bits per heavy atom. The molecular weight excluding hydrogens is 188 g/mol. The van der Waals surface area contributed by atoms with Crippen molar-refractivity contribution < 1.29 is 4.79 Å². The lowest BCUT2D eigenvalue weighted by molar-refractivity contribution is -0.120. The number of carbonyl (C=O) groups is 1. The average Bonchev–Trinajstić information content (AvgIpc) is 2.18. The van der Waals surface area contributed by atoms with E-state index in [0.717, 1.165) is 24.9 Å². The molecule has 3 nitrogen and oxygen atoms in total. The summed E-state index contributed by atoms with van der Waals surface area (Å²) in [7, 11) is 0. The molecule has 15 heavy (non-hydrogen) atoms. The van der Waals surface area contributed by atoms with Crippen LogP contribution in [-0.2, 0) is 4.79 Å². The Kier molecular flexibility index (Phi) is 5.69. The molecule has 0 aromatic rings. The van der Waals surface area contributed by atoms with Gasteiger partial charge in [-0.3, -0.25) is 4.79 Å². The van der Waals surface area contributed by atoms with E-state index in [1.54, 1.807) is 0 Å². The summed E-state index contributed by atoms with van der Waals surface area (Å²) in [6.07, 6.45) is 5.39. The quantitative estimate of drug-likeness (QED) is 0.726. The lowest BCUT2D eigenvalue weighted by Crippen LogP contribution is -2.36. The van der Waals surface area contributed by atoms with E-state index in [0.29, 0.717) is 6.54 Å². The molecule has 1 amide bonds. The number of hydrogen-bond donors (Lipinski definition) is 2. The molecular formula is C12H24N2O. The highest BCUT2D eigenvalue weighted by Crippen LogP contribution is 2.27. The first kappa shape index (κ1) is 12.5. The van der Waals surface area contributed by atoms with Gasteiger partial charge >= 0.3 is 0 Å². The van der Waals surface area contributed by atoms with E-state index in [2.05, 4.69) is 17.6 Å². The molecule has 88 valence electrons. The topological polar surface area (TPSA) is 41.1 Å². The zero-order valence-corrected chi connectivity index (χ0v) is 10.0. The van der Waals surface area contributed by atoms with Crippen molar-refractivity contribution in [2.24, 2.45) is 11.8 Å². The van der Waals surface area contributed by atoms with Crippen LogP contribution in [-0.4, -0.2) is 25.5 Å². The SMILES string of the molecule is CCNC(=O)CNCC1CCCC(C)C1. The van der Waals surface area contributed by atoms with Crippen LogP contribution in [0.2, 0.25) is 0 Å². The van der Waals surface area contributed by atoms with E-state index in [1.165, 1.54) is 25.7 Å². The van der Waals surface area contributed by atoms with Crippen LogP contribution in [0.3, 0.4) is 0 Å². The van der Waals surface area contributed by atoms with Crippen LogP contribution < -0.4 is 10.6 Å². The Bertz CT molecular complexity index is 194. The van der Waals surface area contributed by atoms with Gasteiger partial charge in [0, 0.05) is 6.54 Å². The van der Waals surface area contributed by atoms with Gasteiger partial charge in [-0.1, -0.05) is 19.8 Å². The van der Waals surface area contributed by atoms with Gasteiger partial charge in [0.1, 0.15) is 0 Å². The first-order chi connectivity index (χ1) is 7.22. The number of hydrogen-bond acceptors (Lipinski definition) is 2. The van der Waals surface area contributed by atoms with E-state index in [-0.39, 0.29) is 5.91 Å². The first-order valence-electron chi connectivity index (χ1n) is 6.19. The molecule has 1 fully saturated rings. The van der Waals surface area contributed by atoms with Crippen LogP contribution in [0.15, 0.2) is 0 Å². The smallest absolute Gasteiger partial charge is 0.233 e. The van der Waals surface area contributed by atoms with Crippen molar-refractivity contribution in [3.63, 3.8) is 0 Å². The Balaban J connectivity index is 2.06. The van der Waals surface area contributed by atoms with Crippen LogP contribution in [0, 0.1) is 11.8 Å². The lowest BCUT2D eigenvalue weighted by Gasteiger charge is -2.26. The fraction of sp³-hybridized carbons (Fsp3) is 0.917. The summed E-state index contributed by atoms with van der Waals surface area (Å²) < 4.78 is 0. The van der Waals surface area contributed by atoms with Gasteiger partial charge in [-0.05, 0) is 38.1 Å². The second-order valence-electron chi connectivity index (χ2n) is 4.72. The van der Waals surface area contributed by atoms with E-state index < -0.39 is 0 Å². The maximum atomic E-state index is 11.2. The normalized spacial score (nSPS) is 26.3. The Labute approximate surface area is 93.0 Å². The zero-order chi connectivity index (χ0) is 11.1. The largest absolute Gasteiger partial charge is 0.355 e. The van der Waals surface area contributed by atoms with E-state index in [4.69, 9.17) is 0 Å². The van der Waals surface area contributed by atoms with Crippen molar-refractivity contribution in [1.29, 1.82) is 0 Å². The van der Waals surface area contributed by atoms with Crippen molar-refractivity contribution in [3.05, 3.63) is 0 Å². The Hall–Kier alpha value is -0.570. The molecule has 0 saturated heterocycles. The molecule has 1 aliphatic carbocycles. The molecule has 2 unspecified atom stereocenters. The summed E-state index contributed by atoms with van der Waals surface area (Å²) in [5.74, 6) is 1.76. The van der Waals surface area contributed by atoms with Gasteiger partial charge in [0.2, 0.25) is 5.91 Å². The van der Waals surface area contributed by atoms with Gasteiger partial charge in [-0.15, -0.1) is 0 Å². The fourth-order valence-corrected chi connectivity index (χ4v) is 2.39. The summed E-state index contributed by atoms with van der Waals surface area (Å²) in [6.45, 7) is 6.47. The summed E-state index contributed by atoms with van der Waals surface area (Å²) in [6, 6.07) is 0. The fourth-order valence-electron chi connectivity index (χ4n) is 2.39. The predicted molar refractivity (Wildman–Crippen MR) is 62.7 cm³/mol. The molecule has 0 bridgehead atoms. The second-order valence-corrected chi connectivity index (χ2v) is 4.72. The molecule has 2 N–H and O–H groups in total. The Morgan fingerprint density at radius 2 is 2.20 bits per heavy atom. The molecule has 2 atom stereocenters. The van der Waals surface area contributed by atoms with Gasteiger partial charge in [0.15, 0.2) is 0 Å². The third-order valence-corrected chi connectivity index (χ3v) is 3.14. The predicted octanol–water partition coefficient (Wildman–Crippen LogP) is 1.54. The van der Waals surface area contributed by atoms with Crippen LogP contribution in [0.25, 0.3) is 0 Å². The molecule has 1 rings (SSSR count).